The van der Waals surface area contributed by atoms with Crippen molar-refractivity contribution in [3.63, 3.8) is 0 Å². The summed E-state index contributed by atoms with van der Waals surface area (Å²) in [5, 5.41) is 2.81. The van der Waals surface area contributed by atoms with Gasteiger partial charge in [0.05, 0.1) is 17.7 Å². The number of sulfonamides is 1. The molecule has 0 saturated heterocycles. The predicted octanol–water partition coefficient (Wildman–Crippen LogP) is 4.45. The molecule has 3 rings (SSSR count). The average Bonchev–Trinajstić information content (AvgIpc) is 2.71. The van der Waals surface area contributed by atoms with Gasteiger partial charge in [-0.15, -0.1) is 0 Å². The average molecular weight is 439 g/mol. The molecule has 7 heteroatoms. The highest BCUT2D eigenvalue weighted by Gasteiger charge is 2.29. The maximum atomic E-state index is 13.5. The van der Waals surface area contributed by atoms with Gasteiger partial charge in [0, 0.05) is 5.69 Å². The number of aryl methyl sites for hydroxylation is 3. The smallest absolute Gasteiger partial charge is 0.264 e. The number of amides is 1. The van der Waals surface area contributed by atoms with Crippen molar-refractivity contribution in [2.24, 2.45) is 0 Å². The van der Waals surface area contributed by atoms with E-state index >= 15 is 0 Å². The standard InChI is InChI=1S/C24H26N2O4S/c1-17-10-11-23(30-4)22(15-17)26(31(28,29)21-8-6-5-7-9-21)16-24(27)25-20-13-18(2)12-19(3)14-20/h5-15H,16H2,1-4H3,(H,25,27). The quantitative estimate of drug-likeness (QED) is 0.591. The normalized spacial score (nSPS) is 11.1. The van der Waals surface area contributed by atoms with Crippen LogP contribution in [-0.2, 0) is 14.8 Å². The van der Waals surface area contributed by atoms with Gasteiger partial charge in [-0.05, 0) is 73.9 Å². The minimum atomic E-state index is -4.01. The molecule has 6 nitrogen and oxygen atoms in total. The molecule has 0 aromatic heterocycles. The van der Waals surface area contributed by atoms with Crippen LogP contribution in [0.3, 0.4) is 0 Å². The Morgan fingerprint density at radius 2 is 1.55 bits per heavy atom. The highest BCUT2D eigenvalue weighted by atomic mass is 32.2. The summed E-state index contributed by atoms with van der Waals surface area (Å²) in [6.07, 6.45) is 0. The van der Waals surface area contributed by atoms with E-state index in [0.717, 1.165) is 21.0 Å². The molecule has 1 amide bonds. The molecule has 0 bridgehead atoms. The Hall–Kier alpha value is -3.32. The third-order valence-electron chi connectivity index (χ3n) is 4.73. The van der Waals surface area contributed by atoms with E-state index in [9.17, 15) is 13.2 Å². The second-order valence-electron chi connectivity index (χ2n) is 7.42. The minimum absolute atomic E-state index is 0.0951. The molecule has 0 aliphatic heterocycles. The maximum Gasteiger partial charge on any atom is 0.264 e. The topological polar surface area (TPSA) is 75.7 Å². The Kier molecular flexibility index (Phi) is 6.65. The molecule has 3 aromatic carbocycles. The largest absolute Gasteiger partial charge is 0.495 e. The lowest BCUT2D eigenvalue weighted by molar-refractivity contribution is -0.114. The number of ether oxygens (including phenoxy) is 1. The van der Waals surface area contributed by atoms with E-state index in [1.807, 2.05) is 45.0 Å². The first-order valence-electron chi connectivity index (χ1n) is 9.81. The summed E-state index contributed by atoms with van der Waals surface area (Å²) >= 11 is 0. The molecule has 0 unspecified atom stereocenters. The van der Waals surface area contributed by atoms with E-state index in [-0.39, 0.29) is 4.90 Å². The van der Waals surface area contributed by atoms with E-state index in [1.54, 1.807) is 30.3 Å². The summed E-state index contributed by atoms with van der Waals surface area (Å²) in [7, 11) is -2.55. The third-order valence-corrected chi connectivity index (χ3v) is 6.50. The van der Waals surface area contributed by atoms with Crippen molar-refractivity contribution in [3.8, 4) is 5.75 Å². The van der Waals surface area contributed by atoms with Gasteiger partial charge in [-0.1, -0.05) is 30.3 Å². The number of rotatable bonds is 7. The zero-order valence-corrected chi connectivity index (χ0v) is 18.9. The molecule has 3 aromatic rings. The number of hydrogen-bond donors (Lipinski definition) is 1. The fourth-order valence-electron chi connectivity index (χ4n) is 3.39. The van der Waals surface area contributed by atoms with E-state index < -0.39 is 22.5 Å². The van der Waals surface area contributed by atoms with E-state index in [1.165, 1.54) is 19.2 Å². The first-order valence-corrected chi connectivity index (χ1v) is 11.3. The molecule has 31 heavy (non-hydrogen) atoms. The Labute approximate surface area is 183 Å². The summed E-state index contributed by atoms with van der Waals surface area (Å²) in [5.74, 6) is -0.0858. The van der Waals surface area contributed by atoms with E-state index in [0.29, 0.717) is 17.1 Å². The molecule has 0 atom stereocenters. The Morgan fingerprint density at radius 1 is 0.903 bits per heavy atom. The monoisotopic (exact) mass is 438 g/mol. The number of benzene rings is 3. The summed E-state index contributed by atoms with van der Waals surface area (Å²) in [6, 6.07) is 18.9. The van der Waals surface area contributed by atoms with Crippen LogP contribution < -0.4 is 14.4 Å². The van der Waals surface area contributed by atoms with Crippen molar-refractivity contribution in [1.82, 2.24) is 0 Å². The van der Waals surface area contributed by atoms with Crippen LogP contribution in [0.25, 0.3) is 0 Å². The van der Waals surface area contributed by atoms with Crippen molar-refractivity contribution >= 4 is 27.3 Å². The van der Waals surface area contributed by atoms with Gasteiger partial charge >= 0.3 is 0 Å². The molecule has 0 radical (unpaired) electrons. The van der Waals surface area contributed by atoms with Crippen LogP contribution in [0.2, 0.25) is 0 Å². The van der Waals surface area contributed by atoms with Gasteiger partial charge in [0.1, 0.15) is 12.3 Å². The van der Waals surface area contributed by atoms with E-state index in [4.69, 9.17) is 4.74 Å². The summed E-state index contributed by atoms with van der Waals surface area (Å²) in [6.45, 7) is 5.33. The second kappa shape index (κ2) is 9.22. The van der Waals surface area contributed by atoms with Crippen LogP contribution in [0.5, 0.6) is 5.75 Å². The number of nitrogens with one attached hydrogen (secondary N) is 1. The number of anilines is 2. The zero-order chi connectivity index (χ0) is 22.6. The summed E-state index contributed by atoms with van der Waals surface area (Å²) in [5.41, 5.74) is 3.78. The van der Waals surface area contributed by atoms with Gasteiger partial charge in [0.15, 0.2) is 0 Å². The van der Waals surface area contributed by atoms with Gasteiger partial charge in [0.25, 0.3) is 10.0 Å². The highest BCUT2D eigenvalue weighted by Crippen LogP contribution is 2.33. The zero-order valence-electron chi connectivity index (χ0n) is 18.0. The van der Waals surface area contributed by atoms with Gasteiger partial charge in [-0.2, -0.15) is 0 Å². The first kappa shape index (κ1) is 22.4. The first-order chi connectivity index (χ1) is 14.7. The fourth-order valence-corrected chi connectivity index (χ4v) is 4.84. The van der Waals surface area contributed by atoms with Crippen LogP contribution >= 0.6 is 0 Å². The van der Waals surface area contributed by atoms with Crippen molar-refractivity contribution in [2.75, 3.05) is 23.3 Å². The van der Waals surface area contributed by atoms with Crippen LogP contribution in [-0.4, -0.2) is 28.0 Å². The number of hydrogen-bond acceptors (Lipinski definition) is 4. The molecule has 1 N–H and O–H groups in total. The lowest BCUT2D eigenvalue weighted by Gasteiger charge is -2.26. The van der Waals surface area contributed by atoms with Crippen LogP contribution in [0, 0.1) is 20.8 Å². The van der Waals surface area contributed by atoms with Gasteiger partial charge in [0.2, 0.25) is 5.91 Å². The van der Waals surface area contributed by atoms with Gasteiger partial charge in [-0.25, -0.2) is 8.42 Å². The molecule has 0 aliphatic carbocycles. The number of carbonyl (C=O) groups excluding carboxylic acids is 1. The summed E-state index contributed by atoms with van der Waals surface area (Å²) < 4.78 is 33.5. The molecule has 0 spiro atoms. The van der Waals surface area contributed by atoms with Crippen molar-refractivity contribution in [1.29, 1.82) is 0 Å². The van der Waals surface area contributed by atoms with Crippen molar-refractivity contribution in [3.05, 3.63) is 83.4 Å². The molecular formula is C24H26N2O4S. The molecular weight excluding hydrogens is 412 g/mol. The molecule has 0 aliphatic rings. The lowest BCUT2D eigenvalue weighted by Crippen LogP contribution is -2.38. The Balaban J connectivity index is 2.02. The Morgan fingerprint density at radius 3 is 2.16 bits per heavy atom. The predicted molar refractivity (Wildman–Crippen MR) is 123 cm³/mol. The van der Waals surface area contributed by atoms with Gasteiger partial charge < -0.3 is 10.1 Å². The maximum absolute atomic E-state index is 13.5. The van der Waals surface area contributed by atoms with E-state index in [2.05, 4.69) is 5.32 Å². The minimum Gasteiger partial charge on any atom is -0.495 e. The lowest BCUT2D eigenvalue weighted by atomic mass is 10.1. The molecule has 0 saturated carbocycles. The number of carbonyl (C=O) groups is 1. The van der Waals surface area contributed by atoms with Crippen LogP contribution in [0.15, 0.2) is 71.6 Å². The highest BCUT2D eigenvalue weighted by molar-refractivity contribution is 7.92. The Bertz CT molecular complexity index is 1170. The second-order valence-corrected chi connectivity index (χ2v) is 9.29. The van der Waals surface area contributed by atoms with Crippen molar-refractivity contribution in [2.45, 2.75) is 25.7 Å². The summed E-state index contributed by atoms with van der Waals surface area (Å²) in [4.78, 5) is 13.0. The van der Waals surface area contributed by atoms with Gasteiger partial charge in [-0.3, -0.25) is 9.10 Å². The number of nitrogens with zero attached hydrogens (tertiary/aromatic N) is 1. The number of methoxy groups -OCH3 is 1. The van der Waals surface area contributed by atoms with Crippen LogP contribution in [0.4, 0.5) is 11.4 Å². The third kappa shape index (κ3) is 5.24. The van der Waals surface area contributed by atoms with Crippen LogP contribution in [0.1, 0.15) is 16.7 Å². The molecule has 0 heterocycles. The van der Waals surface area contributed by atoms with Crippen molar-refractivity contribution < 1.29 is 17.9 Å². The SMILES string of the molecule is COc1ccc(C)cc1N(CC(=O)Nc1cc(C)cc(C)c1)S(=O)(=O)c1ccccc1. The molecule has 0 fully saturated rings. The fraction of sp³-hybridized carbons (Fsp3) is 0.208. The molecule has 162 valence electrons.